The zero-order valence-electron chi connectivity index (χ0n) is 16.3. The summed E-state index contributed by atoms with van der Waals surface area (Å²) < 4.78 is 15.0. The van der Waals surface area contributed by atoms with Gasteiger partial charge in [0.05, 0.1) is 10.9 Å². The number of thioether (sulfide) groups is 1. The molecule has 1 aromatic heterocycles. The molecule has 0 fully saturated rings. The summed E-state index contributed by atoms with van der Waals surface area (Å²) in [6, 6.07) is 12.3. The molecular weight excluding hydrogens is 377 g/mol. The van der Waals surface area contributed by atoms with E-state index in [1.807, 2.05) is 32.9 Å². The lowest BCUT2D eigenvalue weighted by Gasteiger charge is -2.21. The van der Waals surface area contributed by atoms with Crippen LogP contribution in [0.3, 0.4) is 0 Å². The van der Waals surface area contributed by atoms with Crippen molar-refractivity contribution in [3.8, 4) is 5.69 Å². The number of hydrogen-bond acceptors (Lipinski definition) is 5. The van der Waals surface area contributed by atoms with E-state index in [9.17, 15) is 9.18 Å². The zero-order chi connectivity index (χ0) is 20.3. The third-order valence-electron chi connectivity index (χ3n) is 4.34. The van der Waals surface area contributed by atoms with Crippen LogP contribution in [0.4, 0.5) is 4.39 Å². The highest BCUT2D eigenvalue weighted by Crippen LogP contribution is 2.26. The number of benzene rings is 2. The van der Waals surface area contributed by atoms with Gasteiger partial charge in [-0.05, 0) is 60.5 Å². The molecule has 1 heterocycles. The smallest absolute Gasteiger partial charge is 0.235 e. The van der Waals surface area contributed by atoms with Gasteiger partial charge in [0.2, 0.25) is 11.1 Å². The number of nitrogens with zero attached hydrogens (tertiary/aromatic N) is 5. The monoisotopic (exact) mass is 399 g/mol. The summed E-state index contributed by atoms with van der Waals surface area (Å²) in [5.41, 5.74) is 3.83. The SMILES string of the molecule is Cc1ccc(-n2nnnc2S[C@@H](C)C(=O)N(C)Cc2cccc(F)c2)c(C)c1. The van der Waals surface area contributed by atoms with Crippen LogP contribution in [-0.4, -0.2) is 43.3 Å². The van der Waals surface area contributed by atoms with E-state index >= 15 is 0 Å². The maximum atomic E-state index is 13.4. The highest BCUT2D eigenvalue weighted by Gasteiger charge is 2.22. The molecule has 0 spiro atoms. The summed E-state index contributed by atoms with van der Waals surface area (Å²) in [7, 11) is 1.71. The van der Waals surface area contributed by atoms with Gasteiger partial charge in [-0.1, -0.05) is 41.6 Å². The van der Waals surface area contributed by atoms with Crippen molar-refractivity contribution < 1.29 is 9.18 Å². The Morgan fingerprint density at radius 1 is 1.25 bits per heavy atom. The molecule has 0 aliphatic rings. The van der Waals surface area contributed by atoms with Crippen molar-refractivity contribution in [2.75, 3.05) is 7.05 Å². The van der Waals surface area contributed by atoms with Gasteiger partial charge in [0.15, 0.2) is 0 Å². The van der Waals surface area contributed by atoms with Crippen LogP contribution in [0.15, 0.2) is 47.6 Å². The Hall–Kier alpha value is -2.74. The van der Waals surface area contributed by atoms with E-state index in [0.29, 0.717) is 11.7 Å². The lowest BCUT2D eigenvalue weighted by Crippen LogP contribution is -2.33. The molecule has 0 bridgehead atoms. The third-order valence-corrected chi connectivity index (χ3v) is 5.36. The van der Waals surface area contributed by atoms with E-state index < -0.39 is 5.25 Å². The van der Waals surface area contributed by atoms with Crippen molar-refractivity contribution in [2.24, 2.45) is 0 Å². The van der Waals surface area contributed by atoms with Gasteiger partial charge in [0.1, 0.15) is 5.82 Å². The summed E-state index contributed by atoms with van der Waals surface area (Å²) in [5.74, 6) is -0.391. The average molecular weight is 399 g/mol. The Balaban J connectivity index is 1.72. The molecular formula is C20H22FN5OS. The highest BCUT2D eigenvalue weighted by atomic mass is 32.2. The fourth-order valence-electron chi connectivity index (χ4n) is 2.95. The number of aryl methyl sites for hydroxylation is 2. The number of hydrogen-bond donors (Lipinski definition) is 0. The van der Waals surface area contributed by atoms with Crippen LogP contribution in [0.1, 0.15) is 23.6 Å². The topological polar surface area (TPSA) is 63.9 Å². The van der Waals surface area contributed by atoms with E-state index in [1.54, 1.807) is 28.8 Å². The first-order chi connectivity index (χ1) is 13.3. The zero-order valence-corrected chi connectivity index (χ0v) is 17.1. The number of tetrazole rings is 1. The van der Waals surface area contributed by atoms with Gasteiger partial charge in [-0.3, -0.25) is 4.79 Å². The Bertz CT molecular complexity index is 990. The molecule has 0 radical (unpaired) electrons. The average Bonchev–Trinajstić information content (AvgIpc) is 3.08. The molecule has 0 saturated heterocycles. The minimum Gasteiger partial charge on any atom is -0.340 e. The van der Waals surface area contributed by atoms with Gasteiger partial charge in [0, 0.05) is 13.6 Å². The predicted molar refractivity (Wildman–Crippen MR) is 107 cm³/mol. The van der Waals surface area contributed by atoms with E-state index in [0.717, 1.165) is 22.4 Å². The molecule has 1 atom stereocenters. The predicted octanol–water partition coefficient (Wildman–Crippen LogP) is 3.56. The maximum Gasteiger partial charge on any atom is 0.235 e. The van der Waals surface area contributed by atoms with Crippen molar-refractivity contribution in [1.82, 2.24) is 25.1 Å². The van der Waals surface area contributed by atoms with Crippen LogP contribution >= 0.6 is 11.8 Å². The molecule has 3 rings (SSSR count). The fraction of sp³-hybridized carbons (Fsp3) is 0.300. The number of carbonyl (C=O) groups is 1. The van der Waals surface area contributed by atoms with Gasteiger partial charge in [-0.15, -0.1) is 5.10 Å². The highest BCUT2D eigenvalue weighted by molar-refractivity contribution is 8.00. The van der Waals surface area contributed by atoms with Gasteiger partial charge in [0.25, 0.3) is 0 Å². The molecule has 1 amide bonds. The lowest BCUT2D eigenvalue weighted by atomic mass is 10.1. The standard InChI is InChI=1S/C20H22FN5OS/c1-13-8-9-18(14(2)10-13)26-20(22-23-24-26)28-15(3)19(27)25(4)12-16-6-5-7-17(21)11-16/h5-11,15H,12H2,1-4H3/t15-/m0/s1. The minimum atomic E-state index is -0.394. The van der Waals surface area contributed by atoms with Crippen molar-refractivity contribution in [3.05, 3.63) is 65.0 Å². The van der Waals surface area contributed by atoms with Crippen LogP contribution < -0.4 is 0 Å². The van der Waals surface area contributed by atoms with Crippen LogP contribution in [0, 0.1) is 19.7 Å². The number of halogens is 1. The molecule has 6 nitrogen and oxygen atoms in total. The molecule has 2 aromatic carbocycles. The summed E-state index contributed by atoms with van der Waals surface area (Å²) in [6.45, 7) is 6.18. The second kappa shape index (κ2) is 8.52. The Morgan fingerprint density at radius 2 is 2.04 bits per heavy atom. The number of amides is 1. The normalized spacial score (nSPS) is 12.0. The first-order valence-corrected chi connectivity index (χ1v) is 9.75. The quantitative estimate of drug-likeness (QED) is 0.593. The second-order valence-electron chi connectivity index (χ2n) is 6.75. The van der Waals surface area contributed by atoms with Gasteiger partial charge >= 0.3 is 0 Å². The lowest BCUT2D eigenvalue weighted by molar-refractivity contribution is -0.129. The number of carbonyl (C=O) groups excluding carboxylic acids is 1. The van der Waals surface area contributed by atoms with Crippen molar-refractivity contribution in [3.63, 3.8) is 0 Å². The summed E-state index contributed by atoms with van der Waals surface area (Å²) in [4.78, 5) is 14.3. The van der Waals surface area contributed by atoms with Crippen LogP contribution in [0.25, 0.3) is 5.69 Å². The summed E-state index contributed by atoms with van der Waals surface area (Å²) in [5, 5.41) is 12.1. The van der Waals surface area contributed by atoms with Crippen molar-refractivity contribution in [1.29, 1.82) is 0 Å². The third kappa shape index (κ3) is 4.56. The molecule has 8 heteroatoms. The van der Waals surface area contributed by atoms with Gasteiger partial charge < -0.3 is 4.90 Å². The molecule has 146 valence electrons. The van der Waals surface area contributed by atoms with E-state index in [2.05, 4.69) is 21.6 Å². The van der Waals surface area contributed by atoms with E-state index in [1.165, 1.54) is 23.9 Å². The number of aromatic nitrogens is 4. The largest absolute Gasteiger partial charge is 0.340 e. The van der Waals surface area contributed by atoms with Crippen LogP contribution in [0.5, 0.6) is 0 Å². The molecule has 0 N–H and O–H groups in total. The fourth-order valence-corrected chi connectivity index (χ4v) is 3.87. The molecule has 28 heavy (non-hydrogen) atoms. The summed E-state index contributed by atoms with van der Waals surface area (Å²) in [6.07, 6.45) is 0. The Morgan fingerprint density at radius 3 is 2.75 bits per heavy atom. The van der Waals surface area contributed by atoms with E-state index in [4.69, 9.17) is 0 Å². The maximum absolute atomic E-state index is 13.4. The molecule has 0 unspecified atom stereocenters. The molecule has 0 aliphatic carbocycles. The van der Waals surface area contributed by atoms with Crippen molar-refractivity contribution in [2.45, 2.75) is 37.7 Å². The molecule has 0 aliphatic heterocycles. The Labute approximate surface area is 167 Å². The molecule has 3 aromatic rings. The van der Waals surface area contributed by atoms with Crippen LogP contribution in [0.2, 0.25) is 0 Å². The first-order valence-electron chi connectivity index (χ1n) is 8.87. The summed E-state index contributed by atoms with van der Waals surface area (Å²) >= 11 is 1.30. The number of rotatable bonds is 6. The van der Waals surface area contributed by atoms with Gasteiger partial charge in [-0.2, -0.15) is 4.68 Å². The first kappa shape index (κ1) is 20.0. The molecule has 0 saturated carbocycles. The Kier molecular flexibility index (Phi) is 6.08. The van der Waals surface area contributed by atoms with Crippen LogP contribution in [-0.2, 0) is 11.3 Å². The second-order valence-corrected chi connectivity index (χ2v) is 8.06. The van der Waals surface area contributed by atoms with Gasteiger partial charge in [-0.25, -0.2) is 4.39 Å². The van der Waals surface area contributed by atoms with Crippen molar-refractivity contribution >= 4 is 17.7 Å². The minimum absolute atomic E-state index is 0.0792. The van der Waals surface area contributed by atoms with E-state index in [-0.39, 0.29) is 11.7 Å².